The largest absolute Gasteiger partial charge is 0.334 e. The summed E-state index contributed by atoms with van der Waals surface area (Å²) in [5.74, 6) is 0.739. The predicted molar refractivity (Wildman–Crippen MR) is 94.1 cm³/mol. The van der Waals surface area contributed by atoms with Crippen LogP contribution in [0.5, 0.6) is 0 Å². The normalized spacial score (nSPS) is 16.3. The second-order valence-corrected chi connectivity index (χ2v) is 6.04. The van der Waals surface area contributed by atoms with Crippen LogP contribution >= 0.6 is 0 Å². The number of aromatic nitrogens is 3. The molecule has 4 rings (SSSR count). The average molecular weight is 333 g/mol. The molecule has 1 aliphatic rings. The van der Waals surface area contributed by atoms with E-state index in [-0.39, 0.29) is 12.1 Å². The molecule has 0 aliphatic carbocycles. The van der Waals surface area contributed by atoms with E-state index >= 15 is 0 Å². The molecule has 6 nitrogen and oxygen atoms in total. The van der Waals surface area contributed by atoms with Crippen molar-refractivity contribution in [2.24, 2.45) is 0 Å². The van der Waals surface area contributed by atoms with Gasteiger partial charge in [-0.2, -0.15) is 5.10 Å². The first kappa shape index (κ1) is 15.4. The van der Waals surface area contributed by atoms with Gasteiger partial charge in [0.2, 0.25) is 0 Å². The van der Waals surface area contributed by atoms with Gasteiger partial charge in [-0.1, -0.05) is 30.3 Å². The molecule has 1 aliphatic heterocycles. The van der Waals surface area contributed by atoms with E-state index in [1.165, 1.54) is 5.56 Å². The molecular formula is C19H19N5O. The second kappa shape index (κ2) is 6.76. The van der Waals surface area contributed by atoms with Gasteiger partial charge in [-0.25, -0.2) is 14.5 Å². The monoisotopic (exact) mass is 333 g/mol. The molecular weight excluding hydrogens is 314 g/mol. The minimum atomic E-state index is -0.0300. The van der Waals surface area contributed by atoms with Crippen molar-refractivity contribution in [3.8, 4) is 5.82 Å². The van der Waals surface area contributed by atoms with Crippen LogP contribution in [-0.2, 0) is 6.54 Å². The molecule has 6 heteroatoms. The van der Waals surface area contributed by atoms with Crippen LogP contribution in [0.1, 0.15) is 23.6 Å². The summed E-state index contributed by atoms with van der Waals surface area (Å²) >= 11 is 0. The molecule has 126 valence electrons. The maximum absolute atomic E-state index is 12.5. The van der Waals surface area contributed by atoms with Crippen LogP contribution < -0.4 is 5.32 Å². The third-order valence-corrected chi connectivity index (χ3v) is 4.46. The Morgan fingerprint density at radius 1 is 1.16 bits per heavy atom. The highest BCUT2D eigenvalue weighted by Crippen LogP contribution is 2.32. The maximum Gasteiger partial charge on any atom is 0.318 e. The fourth-order valence-corrected chi connectivity index (χ4v) is 3.03. The van der Waals surface area contributed by atoms with Gasteiger partial charge < -0.3 is 10.2 Å². The molecule has 2 amide bonds. The number of benzene rings is 1. The van der Waals surface area contributed by atoms with Gasteiger partial charge in [0.05, 0.1) is 6.04 Å². The Morgan fingerprint density at radius 3 is 2.76 bits per heavy atom. The third-order valence-electron chi connectivity index (χ3n) is 4.46. The van der Waals surface area contributed by atoms with Crippen molar-refractivity contribution in [1.82, 2.24) is 25.0 Å². The summed E-state index contributed by atoms with van der Waals surface area (Å²) in [6.07, 6.45) is 6.30. The van der Waals surface area contributed by atoms with Gasteiger partial charge in [-0.05, 0) is 35.7 Å². The number of nitrogens with one attached hydrogen (secondary N) is 1. The number of amides is 2. The molecule has 1 saturated heterocycles. The molecule has 1 N–H and O–H groups in total. The van der Waals surface area contributed by atoms with E-state index in [4.69, 9.17) is 0 Å². The minimum absolute atomic E-state index is 0.0300. The lowest BCUT2D eigenvalue weighted by Gasteiger charge is -2.41. The van der Waals surface area contributed by atoms with E-state index in [0.29, 0.717) is 6.54 Å². The van der Waals surface area contributed by atoms with Crippen LogP contribution in [0.3, 0.4) is 0 Å². The second-order valence-electron chi connectivity index (χ2n) is 6.04. The van der Waals surface area contributed by atoms with Crippen molar-refractivity contribution < 1.29 is 4.79 Å². The van der Waals surface area contributed by atoms with Crippen molar-refractivity contribution in [2.75, 3.05) is 6.54 Å². The summed E-state index contributed by atoms with van der Waals surface area (Å²) in [6.45, 7) is 1.26. The number of carbonyl (C=O) groups excluding carboxylic acids is 1. The quantitative estimate of drug-likeness (QED) is 0.798. The first-order valence-corrected chi connectivity index (χ1v) is 8.35. The van der Waals surface area contributed by atoms with Crippen LogP contribution in [0.2, 0.25) is 0 Å². The van der Waals surface area contributed by atoms with Gasteiger partial charge in [0.25, 0.3) is 0 Å². The topological polar surface area (TPSA) is 63.1 Å². The number of urea groups is 1. The van der Waals surface area contributed by atoms with Crippen molar-refractivity contribution in [1.29, 1.82) is 0 Å². The Bertz CT molecular complexity index is 847. The van der Waals surface area contributed by atoms with Crippen molar-refractivity contribution >= 4 is 6.03 Å². The fourth-order valence-electron chi connectivity index (χ4n) is 3.03. The molecule has 3 heterocycles. The molecule has 3 aromatic rings. The minimum Gasteiger partial charge on any atom is -0.334 e. The first-order chi connectivity index (χ1) is 12.3. The average Bonchev–Trinajstić information content (AvgIpc) is 3.15. The lowest BCUT2D eigenvalue weighted by Crippen LogP contribution is -2.49. The number of hydrogen-bond acceptors (Lipinski definition) is 3. The molecule has 25 heavy (non-hydrogen) atoms. The van der Waals surface area contributed by atoms with Crippen molar-refractivity contribution in [3.05, 3.63) is 78.2 Å². The predicted octanol–water partition coefficient (Wildman–Crippen LogP) is 2.92. The van der Waals surface area contributed by atoms with Crippen LogP contribution in [0.15, 0.2) is 67.1 Å². The zero-order valence-corrected chi connectivity index (χ0v) is 13.7. The number of likely N-dealkylation sites (tertiary alicyclic amines) is 1. The Kier molecular flexibility index (Phi) is 4.16. The maximum atomic E-state index is 12.5. The zero-order chi connectivity index (χ0) is 17.1. The molecule has 1 atom stereocenters. The van der Waals surface area contributed by atoms with Gasteiger partial charge >= 0.3 is 6.03 Å². The van der Waals surface area contributed by atoms with Crippen LogP contribution in [0, 0.1) is 0 Å². The summed E-state index contributed by atoms with van der Waals surface area (Å²) in [4.78, 5) is 18.7. The molecule has 1 fully saturated rings. The lowest BCUT2D eigenvalue weighted by molar-refractivity contribution is 0.115. The van der Waals surface area contributed by atoms with Crippen molar-refractivity contribution in [2.45, 2.75) is 19.0 Å². The van der Waals surface area contributed by atoms with Gasteiger partial charge in [0, 0.05) is 31.7 Å². The van der Waals surface area contributed by atoms with Crippen LogP contribution in [-0.4, -0.2) is 32.2 Å². The molecule has 2 aromatic heterocycles. The molecule has 0 saturated carbocycles. The lowest BCUT2D eigenvalue weighted by atomic mass is 9.95. The van der Waals surface area contributed by atoms with E-state index in [1.54, 1.807) is 17.1 Å². The van der Waals surface area contributed by atoms with Gasteiger partial charge in [-0.15, -0.1) is 0 Å². The van der Waals surface area contributed by atoms with E-state index in [0.717, 1.165) is 24.3 Å². The Hall–Kier alpha value is -3.15. The summed E-state index contributed by atoms with van der Waals surface area (Å²) in [5, 5.41) is 7.18. The van der Waals surface area contributed by atoms with Gasteiger partial charge in [0.15, 0.2) is 5.82 Å². The highest BCUT2D eigenvalue weighted by atomic mass is 16.2. The Morgan fingerprint density at radius 2 is 2.04 bits per heavy atom. The molecule has 0 spiro atoms. The summed E-state index contributed by atoms with van der Waals surface area (Å²) in [7, 11) is 0. The van der Waals surface area contributed by atoms with Crippen molar-refractivity contribution in [3.63, 3.8) is 0 Å². The molecule has 1 aromatic carbocycles. The van der Waals surface area contributed by atoms with Gasteiger partial charge in [-0.3, -0.25) is 0 Å². The molecule has 0 bridgehead atoms. The van der Waals surface area contributed by atoms with E-state index in [2.05, 4.69) is 27.5 Å². The van der Waals surface area contributed by atoms with Crippen LogP contribution in [0.4, 0.5) is 4.79 Å². The summed E-state index contributed by atoms with van der Waals surface area (Å²) in [5.41, 5.74) is 2.18. The number of hydrogen-bond donors (Lipinski definition) is 1. The Labute approximate surface area is 146 Å². The number of rotatable bonds is 4. The Balaban J connectivity index is 1.39. The van der Waals surface area contributed by atoms with E-state index < -0.39 is 0 Å². The zero-order valence-electron chi connectivity index (χ0n) is 13.7. The smallest absolute Gasteiger partial charge is 0.318 e. The summed E-state index contributed by atoms with van der Waals surface area (Å²) in [6, 6.07) is 16.0. The van der Waals surface area contributed by atoms with Crippen LogP contribution in [0.25, 0.3) is 5.82 Å². The number of nitrogens with zero attached hydrogens (tertiary/aromatic N) is 4. The highest BCUT2D eigenvalue weighted by Gasteiger charge is 2.32. The highest BCUT2D eigenvalue weighted by molar-refractivity contribution is 5.75. The molecule has 0 unspecified atom stereocenters. The van der Waals surface area contributed by atoms with Gasteiger partial charge in [0.1, 0.15) is 0 Å². The standard InChI is InChI=1S/C19H19N5O/c25-19(23-12-8-17(23)16-5-2-1-3-6-16)21-14-15-7-10-20-18(13-15)24-11-4-9-22-24/h1-7,9-11,13,17H,8,12,14H2,(H,21,25)/t17-/m0/s1. The molecule has 0 radical (unpaired) electrons. The number of carbonyl (C=O) groups is 1. The van der Waals surface area contributed by atoms with E-state index in [9.17, 15) is 4.79 Å². The van der Waals surface area contributed by atoms with E-state index in [1.807, 2.05) is 47.5 Å². The summed E-state index contributed by atoms with van der Waals surface area (Å²) < 4.78 is 1.70. The number of pyridine rings is 1. The SMILES string of the molecule is O=C(NCc1ccnc(-n2cccn2)c1)N1CC[C@H]1c1ccccc1. The third kappa shape index (κ3) is 3.24. The fraction of sp³-hybridized carbons (Fsp3) is 0.211. The first-order valence-electron chi connectivity index (χ1n) is 8.35.